The summed E-state index contributed by atoms with van der Waals surface area (Å²) in [5, 5.41) is 10.0. The van der Waals surface area contributed by atoms with Gasteiger partial charge in [0.25, 0.3) is 0 Å². The average molecular weight is 202 g/mol. The lowest BCUT2D eigenvalue weighted by molar-refractivity contribution is 0.291. The highest BCUT2D eigenvalue weighted by Gasteiger charge is 2.29. The molecule has 13 heavy (non-hydrogen) atoms. The van der Waals surface area contributed by atoms with E-state index in [0.717, 1.165) is 12.4 Å². The first-order chi connectivity index (χ1) is 5.80. The lowest BCUT2D eigenvalue weighted by Gasteiger charge is -2.29. The Morgan fingerprint density at radius 2 is 1.85 bits per heavy atom. The Labute approximate surface area is 82.5 Å². The fraction of sp³-hybridized carbons (Fsp3) is 0.889. The zero-order valence-corrected chi connectivity index (χ0v) is 10.6. The molecule has 0 saturated carbocycles. The van der Waals surface area contributed by atoms with Gasteiger partial charge < -0.3 is 10.0 Å². The van der Waals surface area contributed by atoms with Gasteiger partial charge in [0.15, 0.2) is 0 Å². The van der Waals surface area contributed by atoms with Crippen molar-refractivity contribution in [2.45, 2.75) is 32.3 Å². The number of rotatable bonds is 3. The molecule has 0 aromatic heterocycles. The van der Waals surface area contributed by atoms with Crippen molar-refractivity contribution in [1.82, 2.24) is 4.90 Å². The van der Waals surface area contributed by atoms with Crippen LogP contribution >= 0.6 is 0 Å². The first-order valence-electron chi connectivity index (χ1n) is 4.70. The molecular formula is C9H22N2OSi. The Hall–Kier alpha value is -0.353. The highest BCUT2D eigenvalue weighted by atomic mass is 28.3. The Bertz CT molecular complexity index is 185. The van der Waals surface area contributed by atoms with E-state index < -0.39 is 8.07 Å². The fourth-order valence-electron chi connectivity index (χ4n) is 1.02. The molecule has 0 aliphatic heterocycles. The highest BCUT2D eigenvalue weighted by molar-refractivity contribution is 6.80. The van der Waals surface area contributed by atoms with Crippen molar-refractivity contribution in [2.75, 3.05) is 20.6 Å². The maximum absolute atomic E-state index is 10.0. The van der Waals surface area contributed by atoms with Crippen molar-refractivity contribution in [3.05, 3.63) is 0 Å². The molecule has 0 rings (SSSR count). The molecule has 0 aromatic rings. The van der Waals surface area contributed by atoms with Crippen molar-refractivity contribution < 1.29 is 5.11 Å². The summed E-state index contributed by atoms with van der Waals surface area (Å²) < 4.78 is 0. The number of hydrogen-bond donors (Lipinski definition) is 1. The van der Waals surface area contributed by atoms with Crippen LogP contribution in [0.3, 0.4) is 0 Å². The molecule has 1 N–H and O–H groups in total. The van der Waals surface area contributed by atoms with Crippen LogP contribution in [0, 0.1) is 0 Å². The van der Waals surface area contributed by atoms with Gasteiger partial charge in [-0.3, -0.25) is 4.99 Å². The molecule has 0 radical (unpaired) electrons. The van der Waals surface area contributed by atoms with Crippen molar-refractivity contribution >= 4 is 13.9 Å². The average Bonchev–Trinajstić information content (AvgIpc) is 1.96. The van der Waals surface area contributed by atoms with Gasteiger partial charge in [-0.1, -0.05) is 19.6 Å². The summed E-state index contributed by atoms with van der Waals surface area (Å²) in [7, 11) is 2.32. The molecular weight excluding hydrogens is 180 g/mol. The zero-order chi connectivity index (χ0) is 10.6. The third kappa shape index (κ3) is 3.91. The van der Waals surface area contributed by atoms with Gasteiger partial charge >= 0.3 is 0 Å². The molecule has 1 unspecified atom stereocenters. The topological polar surface area (TPSA) is 35.8 Å². The predicted molar refractivity (Wildman–Crippen MR) is 61.0 cm³/mol. The van der Waals surface area contributed by atoms with E-state index in [1.807, 2.05) is 25.9 Å². The normalized spacial score (nSPS) is 15.8. The molecule has 0 amide bonds. The number of likely N-dealkylation sites (N-methyl/N-ethyl adjacent to an activating group) is 1. The first-order valence-corrected chi connectivity index (χ1v) is 8.28. The van der Waals surface area contributed by atoms with Gasteiger partial charge in [-0.25, -0.2) is 0 Å². The Balaban J connectivity index is 4.67. The zero-order valence-electron chi connectivity index (χ0n) is 9.63. The van der Waals surface area contributed by atoms with Crippen molar-refractivity contribution in [3.8, 4) is 0 Å². The van der Waals surface area contributed by atoms with Crippen molar-refractivity contribution in [1.29, 1.82) is 0 Å². The SMILES string of the molecule is CCN=C(C(O)[Si](C)(C)C)N(C)C. The minimum absolute atomic E-state index is 0.359. The van der Waals surface area contributed by atoms with Crippen LogP contribution in [-0.4, -0.2) is 50.3 Å². The second kappa shape index (κ2) is 4.76. The van der Waals surface area contributed by atoms with E-state index >= 15 is 0 Å². The summed E-state index contributed by atoms with van der Waals surface area (Å²) >= 11 is 0. The summed E-state index contributed by atoms with van der Waals surface area (Å²) in [5.41, 5.74) is -0.359. The summed E-state index contributed by atoms with van der Waals surface area (Å²) in [4.78, 5) is 6.23. The molecule has 0 aliphatic carbocycles. The molecule has 78 valence electrons. The van der Waals surface area contributed by atoms with Gasteiger partial charge in [0.1, 0.15) is 5.84 Å². The third-order valence-electron chi connectivity index (χ3n) is 1.84. The second-order valence-corrected chi connectivity index (χ2v) is 9.77. The summed E-state index contributed by atoms with van der Waals surface area (Å²) in [6.07, 6.45) is 0. The number of aliphatic hydroxyl groups is 1. The number of hydrogen-bond acceptors (Lipinski definition) is 2. The van der Waals surface area contributed by atoms with Crippen LogP contribution in [0.4, 0.5) is 0 Å². The molecule has 0 aliphatic rings. The Kier molecular flexibility index (Phi) is 4.63. The Morgan fingerprint density at radius 1 is 1.38 bits per heavy atom. The first kappa shape index (κ1) is 12.6. The Morgan fingerprint density at radius 3 is 2.08 bits per heavy atom. The molecule has 0 spiro atoms. The molecule has 0 fully saturated rings. The van der Waals surface area contributed by atoms with Crippen LogP contribution in [-0.2, 0) is 0 Å². The van der Waals surface area contributed by atoms with Crippen LogP contribution in [0.5, 0.6) is 0 Å². The van der Waals surface area contributed by atoms with Gasteiger partial charge in [-0.2, -0.15) is 0 Å². The molecule has 0 bridgehead atoms. The van der Waals surface area contributed by atoms with Crippen LogP contribution in [0.25, 0.3) is 0 Å². The van der Waals surface area contributed by atoms with E-state index in [9.17, 15) is 5.11 Å². The van der Waals surface area contributed by atoms with Crippen molar-refractivity contribution in [3.63, 3.8) is 0 Å². The van der Waals surface area contributed by atoms with Crippen LogP contribution in [0.2, 0.25) is 19.6 Å². The largest absolute Gasteiger partial charge is 0.389 e. The number of nitrogens with zero attached hydrogens (tertiary/aromatic N) is 2. The van der Waals surface area contributed by atoms with E-state index in [-0.39, 0.29) is 5.73 Å². The van der Waals surface area contributed by atoms with Gasteiger partial charge in [0.05, 0.1) is 13.8 Å². The lowest BCUT2D eigenvalue weighted by Crippen LogP contribution is -2.49. The van der Waals surface area contributed by atoms with E-state index in [1.54, 1.807) is 0 Å². The standard InChI is InChI=1S/C9H22N2OSi/c1-7-10-8(11(2)3)9(12)13(4,5)6/h9,12H,7H2,1-6H3. The molecule has 4 heteroatoms. The van der Waals surface area contributed by atoms with E-state index in [2.05, 4.69) is 24.6 Å². The summed E-state index contributed by atoms with van der Waals surface area (Å²) in [6, 6.07) is 0. The van der Waals surface area contributed by atoms with Crippen LogP contribution in [0.1, 0.15) is 6.92 Å². The van der Waals surface area contributed by atoms with Gasteiger partial charge in [0.2, 0.25) is 0 Å². The second-order valence-electron chi connectivity index (χ2n) is 4.50. The smallest absolute Gasteiger partial charge is 0.124 e. The summed E-state index contributed by atoms with van der Waals surface area (Å²) in [5.74, 6) is 0.821. The lowest BCUT2D eigenvalue weighted by atomic mass is 10.5. The van der Waals surface area contributed by atoms with Crippen molar-refractivity contribution in [2.24, 2.45) is 4.99 Å². The van der Waals surface area contributed by atoms with Crippen LogP contribution in [0.15, 0.2) is 4.99 Å². The molecule has 3 nitrogen and oxygen atoms in total. The molecule has 1 atom stereocenters. The van der Waals surface area contributed by atoms with E-state index in [4.69, 9.17) is 0 Å². The minimum Gasteiger partial charge on any atom is -0.389 e. The number of aliphatic imine (C=N–C) groups is 1. The molecule has 0 aromatic carbocycles. The maximum atomic E-state index is 10.0. The van der Waals surface area contributed by atoms with Gasteiger partial charge in [-0.15, -0.1) is 0 Å². The molecule has 0 heterocycles. The molecule has 0 saturated heterocycles. The third-order valence-corrected chi connectivity index (χ3v) is 3.74. The predicted octanol–water partition coefficient (Wildman–Crippen LogP) is 1.20. The van der Waals surface area contributed by atoms with Gasteiger partial charge in [-0.05, 0) is 6.92 Å². The fourth-order valence-corrected chi connectivity index (χ4v) is 2.15. The summed E-state index contributed by atoms with van der Waals surface area (Å²) in [6.45, 7) is 9.15. The van der Waals surface area contributed by atoms with Gasteiger partial charge in [0, 0.05) is 20.6 Å². The quantitative estimate of drug-likeness (QED) is 0.424. The monoisotopic (exact) mass is 202 g/mol. The minimum atomic E-state index is -1.54. The highest BCUT2D eigenvalue weighted by Crippen LogP contribution is 2.10. The maximum Gasteiger partial charge on any atom is 0.124 e. The van der Waals surface area contributed by atoms with Crippen LogP contribution < -0.4 is 0 Å². The van der Waals surface area contributed by atoms with E-state index in [0.29, 0.717) is 0 Å². The van der Waals surface area contributed by atoms with E-state index in [1.165, 1.54) is 0 Å². The number of amidine groups is 1. The number of aliphatic hydroxyl groups excluding tert-OH is 1.